The van der Waals surface area contributed by atoms with Crippen LogP contribution in [-0.2, 0) is 59.6 Å². The number of aliphatic imine (C=N–C) groups is 1. The van der Waals surface area contributed by atoms with Crippen LogP contribution in [0.5, 0.6) is 0 Å². The number of nitrogens with zero attached hydrogens (tertiary/aromatic N) is 5. The first-order chi connectivity index (χ1) is 41.2. The van der Waals surface area contributed by atoms with Crippen LogP contribution in [0, 0.1) is 5.92 Å². The van der Waals surface area contributed by atoms with Gasteiger partial charge in [0.15, 0.2) is 0 Å². The summed E-state index contributed by atoms with van der Waals surface area (Å²) in [5.74, 6) is -6.89. The zero-order valence-electron chi connectivity index (χ0n) is 48.8. The lowest BCUT2D eigenvalue weighted by Gasteiger charge is -2.28. The molecule has 3 aliphatic rings. The van der Waals surface area contributed by atoms with E-state index >= 15 is 0 Å². The van der Waals surface area contributed by atoms with Gasteiger partial charge in [0.2, 0.25) is 23.6 Å². The Labute approximate surface area is 497 Å². The third kappa shape index (κ3) is 18.9. The molecular formula is C62H74F2N12O10. The molecule has 86 heavy (non-hydrogen) atoms. The molecule has 3 aliphatic heterocycles. The van der Waals surface area contributed by atoms with Crippen LogP contribution in [0.2, 0.25) is 0 Å². The van der Waals surface area contributed by atoms with Gasteiger partial charge in [0, 0.05) is 104 Å². The Kier molecular flexibility index (Phi) is 22.9. The number of aromatic nitrogens is 1. The molecule has 4 aromatic rings. The molecule has 456 valence electrons. The monoisotopic (exact) mass is 1180 g/mol. The molecule has 1 unspecified atom stereocenters. The Morgan fingerprint density at radius 2 is 1.47 bits per heavy atom. The number of unbranched alkanes of at least 4 members (excludes halogenated alkanes) is 2. The molecule has 7 rings (SSSR count). The van der Waals surface area contributed by atoms with Crippen LogP contribution in [0.15, 0.2) is 102 Å². The highest BCUT2D eigenvalue weighted by molar-refractivity contribution is 6.13. The molecule has 24 heteroatoms. The van der Waals surface area contributed by atoms with Crippen molar-refractivity contribution < 1.29 is 56.7 Å². The van der Waals surface area contributed by atoms with Crippen molar-refractivity contribution >= 4 is 82.3 Å². The van der Waals surface area contributed by atoms with Crippen LogP contribution in [0.3, 0.4) is 0 Å². The number of rotatable bonds is 28. The van der Waals surface area contributed by atoms with Gasteiger partial charge in [-0.2, -0.15) is 0 Å². The van der Waals surface area contributed by atoms with E-state index in [-0.39, 0.29) is 72.8 Å². The van der Waals surface area contributed by atoms with E-state index in [2.05, 4.69) is 41.5 Å². The first-order valence-electron chi connectivity index (χ1n) is 28.8. The number of benzene rings is 3. The van der Waals surface area contributed by atoms with Gasteiger partial charge in [0.25, 0.3) is 29.6 Å². The van der Waals surface area contributed by atoms with Gasteiger partial charge in [-0.3, -0.25) is 53.1 Å². The van der Waals surface area contributed by atoms with Gasteiger partial charge in [-0.05, 0) is 96.8 Å². The smallest absolute Gasteiger partial charge is 0.407 e. The minimum atomic E-state index is -3.53. The van der Waals surface area contributed by atoms with Gasteiger partial charge < -0.3 is 47.3 Å². The summed E-state index contributed by atoms with van der Waals surface area (Å²) >= 11 is 0. The fourth-order valence-electron chi connectivity index (χ4n) is 9.74. The summed E-state index contributed by atoms with van der Waals surface area (Å²) in [7, 11) is 0. The van der Waals surface area contributed by atoms with E-state index in [1.807, 2.05) is 30.1 Å². The minimum Gasteiger partial charge on any atom is -0.445 e. The molecule has 0 radical (unpaired) electrons. The standard InChI is InChI=1S/C62H74F2N12O10/c1-5-24-75(25-6-2)60(84)45-28-43-17-18-44(30-50(43)72-51(65)31-45)58(82)71-48-29-46-35-74(27-23-49(46)66-32-48)34-40-11-15-42(16-12-40)57(81)68-37-62(63,64)38-69-61(85)86-36-41-13-19-47(20-14-41)70-53(78)33-67-59(83)56(39(3)4)73-52(77)10-8-7-9-26-76-54(79)21-22-55(76)80/h11-22,28-30,32,39,56H,5-10,23-27,31,33-38H2,1-4H3,(H2,65,72)(H,67,83)(H,68,81)(H,69,85)(H,70,78)(H,71,82)(H,73,77). The van der Waals surface area contributed by atoms with E-state index in [1.165, 1.54) is 36.4 Å². The average molecular weight is 1190 g/mol. The SMILES string of the molecule is CCCN(CCC)C(=O)C1=Cc2ccc(C(=O)Nc3cnc4c(c3)CN(Cc3ccc(C(=O)NCC(F)(F)CNC(=O)OCc5ccc(NC(=O)CNC(=O)C(NC(=O)CCCCCN6C(=O)C=CC6=O)C(C)C)cc5)cc3)CC4)cc2N=C(N)C1. The number of nitrogens with two attached hydrogens (primary N) is 1. The number of alkyl halides is 2. The van der Waals surface area contributed by atoms with Crippen molar-refractivity contribution in [3.63, 3.8) is 0 Å². The number of alkyl carbamates (subject to hydrolysis) is 1. The lowest BCUT2D eigenvalue weighted by molar-refractivity contribution is -0.137. The number of imide groups is 1. The molecule has 22 nitrogen and oxygen atoms in total. The minimum absolute atomic E-state index is 0.0741. The van der Waals surface area contributed by atoms with Gasteiger partial charge in [-0.15, -0.1) is 0 Å². The summed E-state index contributed by atoms with van der Waals surface area (Å²) in [5.41, 5.74) is 12.6. The second kappa shape index (κ2) is 30.6. The van der Waals surface area contributed by atoms with Crippen LogP contribution in [0.4, 0.5) is 30.6 Å². The van der Waals surface area contributed by atoms with Crippen LogP contribution < -0.4 is 37.6 Å². The largest absolute Gasteiger partial charge is 0.445 e. The van der Waals surface area contributed by atoms with Crippen molar-refractivity contribution in [1.82, 2.24) is 41.0 Å². The number of hydrogen-bond acceptors (Lipinski definition) is 14. The van der Waals surface area contributed by atoms with Crippen molar-refractivity contribution in [3.05, 3.63) is 136 Å². The molecule has 1 aromatic heterocycles. The van der Waals surface area contributed by atoms with E-state index in [4.69, 9.17) is 10.5 Å². The average Bonchev–Trinajstić information content (AvgIpc) is 2.70. The van der Waals surface area contributed by atoms with Gasteiger partial charge in [0.05, 0.1) is 37.2 Å². The second-order valence-corrected chi connectivity index (χ2v) is 21.6. The van der Waals surface area contributed by atoms with E-state index in [1.54, 1.807) is 68.6 Å². The Morgan fingerprint density at radius 3 is 2.16 bits per heavy atom. The predicted molar refractivity (Wildman–Crippen MR) is 319 cm³/mol. The molecule has 9 amide bonds. The lowest BCUT2D eigenvalue weighted by Crippen LogP contribution is -2.51. The number of pyridine rings is 1. The van der Waals surface area contributed by atoms with Gasteiger partial charge in [-0.1, -0.05) is 64.4 Å². The Morgan fingerprint density at radius 1 is 0.779 bits per heavy atom. The molecule has 0 bridgehead atoms. The van der Waals surface area contributed by atoms with Crippen molar-refractivity contribution in [2.24, 2.45) is 16.6 Å². The Bertz CT molecular complexity index is 3230. The van der Waals surface area contributed by atoms with Crippen molar-refractivity contribution in [3.8, 4) is 0 Å². The maximum atomic E-state index is 14.8. The number of nitrogens with one attached hydrogen (secondary N) is 6. The van der Waals surface area contributed by atoms with E-state index in [0.29, 0.717) is 97.7 Å². The summed E-state index contributed by atoms with van der Waals surface area (Å²) in [6.45, 7) is 8.00. The lowest BCUT2D eigenvalue weighted by atomic mass is 10.0. The van der Waals surface area contributed by atoms with Crippen LogP contribution in [0.1, 0.15) is 121 Å². The number of fused-ring (bicyclic) bond motifs is 2. The van der Waals surface area contributed by atoms with Gasteiger partial charge >= 0.3 is 6.09 Å². The fraction of sp³-hybridized carbons (Fsp3) is 0.403. The number of halogens is 2. The first-order valence-corrected chi connectivity index (χ1v) is 28.8. The molecule has 0 saturated heterocycles. The Hall–Kier alpha value is -9.19. The fourth-order valence-corrected chi connectivity index (χ4v) is 9.74. The highest BCUT2D eigenvalue weighted by atomic mass is 19.3. The summed E-state index contributed by atoms with van der Waals surface area (Å²) in [6, 6.07) is 18.8. The number of ether oxygens (including phenoxy) is 1. The maximum Gasteiger partial charge on any atom is 0.407 e. The van der Waals surface area contributed by atoms with E-state index < -0.39 is 55.4 Å². The highest BCUT2D eigenvalue weighted by Gasteiger charge is 2.31. The third-order valence-electron chi connectivity index (χ3n) is 14.3. The van der Waals surface area contributed by atoms with Gasteiger partial charge in [-0.25, -0.2) is 18.6 Å². The molecule has 0 fully saturated rings. The number of hydrogen-bond donors (Lipinski definition) is 7. The van der Waals surface area contributed by atoms with Crippen LogP contribution in [0.25, 0.3) is 6.08 Å². The zero-order valence-corrected chi connectivity index (χ0v) is 48.8. The van der Waals surface area contributed by atoms with Crippen LogP contribution >= 0.6 is 0 Å². The normalized spacial score (nSPS) is 14.2. The molecule has 3 aromatic carbocycles. The number of carbonyl (C=O) groups is 9. The van der Waals surface area contributed by atoms with Crippen molar-refractivity contribution in [2.45, 2.75) is 111 Å². The maximum absolute atomic E-state index is 14.8. The number of amidine groups is 1. The number of anilines is 2. The van der Waals surface area contributed by atoms with E-state index in [0.717, 1.165) is 34.6 Å². The van der Waals surface area contributed by atoms with Crippen LogP contribution in [-0.4, -0.2) is 137 Å². The summed E-state index contributed by atoms with van der Waals surface area (Å²) in [5, 5.41) is 15.0. The summed E-state index contributed by atoms with van der Waals surface area (Å²) in [4.78, 5) is 128. The molecule has 0 spiro atoms. The predicted octanol–water partition coefficient (Wildman–Crippen LogP) is 6.29. The highest BCUT2D eigenvalue weighted by Crippen LogP contribution is 2.30. The number of amides is 9. The molecule has 0 aliphatic carbocycles. The second-order valence-electron chi connectivity index (χ2n) is 21.6. The van der Waals surface area contributed by atoms with Gasteiger partial charge in [0.1, 0.15) is 18.5 Å². The molecule has 0 saturated carbocycles. The zero-order chi connectivity index (χ0) is 61.9. The molecule has 8 N–H and O–H groups in total. The quantitative estimate of drug-likeness (QED) is 0.0243. The topological polar surface area (TPSA) is 296 Å². The summed E-state index contributed by atoms with van der Waals surface area (Å²) < 4.78 is 34.8. The van der Waals surface area contributed by atoms with Crippen molar-refractivity contribution in [1.29, 1.82) is 0 Å². The molecule has 4 heterocycles. The molecular weight excluding hydrogens is 1110 g/mol. The van der Waals surface area contributed by atoms with E-state index in [9.17, 15) is 51.9 Å². The number of carbonyl (C=O) groups excluding carboxylic acids is 9. The van der Waals surface area contributed by atoms with Crippen molar-refractivity contribution in [2.75, 3.05) is 56.4 Å². The summed E-state index contributed by atoms with van der Waals surface area (Å²) in [6.07, 6.45) is 9.01. The molecule has 1 atom stereocenters. The third-order valence-corrected chi connectivity index (χ3v) is 14.3. The first kappa shape index (κ1) is 64.4. The Balaban J connectivity index is 0.778.